The van der Waals surface area contributed by atoms with Crippen LogP contribution in [0.1, 0.15) is 35.5 Å². The summed E-state index contributed by atoms with van der Waals surface area (Å²) in [6.07, 6.45) is 3.85. The molecule has 5 heteroatoms. The van der Waals surface area contributed by atoms with Crippen LogP contribution in [-0.2, 0) is 0 Å². The maximum absolute atomic E-state index is 12.7. The third-order valence-corrected chi connectivity index (χ3v) is 3.81. The van der Waals surface area contributed by atoms with Gasteiger partial charge >= 0.3 is 0 Å². The summed E-state index contributed by atoms with van der Waals surface area (Å²) in [5.41, 5.74) is 3.41. The van der Waals surface area contributed by atoms with Gasteiger partial charge in [-0.15, -0.1) is 0 Å². The van der Waals surface area contributed by atoms with Gasteiger partial charge in [0.05, 0.1) is 11.4 Å². The largest absolute Gasteiger partial charge is 0.350 e. The van der Waals surface area contributed by atoms with Crippen LogP contribution in [0, 0.1) is 13.8 Å². The highest BCUT2D eigenvalue weighted by molar-refractivity contribution is 5.98. The number of nitrogens with zero attached hydrogens (tertiary/aromatic N) is 3. The van der Waals surface area contributed by atoms with Crippen molar-refractivity contribution < 1.29 is 4.79 Å². The van der Waals surface area contributed by atoms with Crippen molar-refractivity contribution in [1.29, 1.82) is 0 Å². The fourth-order valence-electron chi connectivity index (χ4n) is 2.70. The van der Waals surface area contributed by atoms with Crippen molar-refractivity contribution in [1.82, 2.24) is 19.7 Å². The quantitative estimate of drug-likeness (QED) is 0.800. The Morgan fingerprint density at radius 3 is 2.29 bits per heavy atom. The number of benzene rings is 1. The molecule has 0 saturated heterocycles. The van der Waals surface area contributed by atoms with Crippen molar-refractivity contribution in [3.05, 3.63) is 65.6 Å². The maximum atomic E-state index is 12.7. The fraction of sp³-hybridized carbons (Fsp3) is 0.263. The van der Waals surface area contributed by atoms with Gasteiger partial charge in [0.25, 0.3) is 5.91 Å². The van der Waals surface area contributed by atoms with Gasteiger partial charge in [0, 0.05) is 18.4 Å². The van der Waals surface area contributed by atoms with E-state index in [0.29, 0.717) is 11.3 Å². The number of carbonyl (C=O) groups excluding carboxylic acids is 1. The molecule has 0 aliphatic rings. The number of rotatable bonds is 4. The highest BCUT2D eigenvalue weighted by atomic mass is 16.1. The van der Waals surface area contributed by atoms with Gasteiger partial charge in [-0.3, -0.25) is 4.79 Å². The number of aromatic nitrogens is 3. The first-order chi connectivity index (χ1) is 11.5. The predicted octanol–water partition coefficient (Wildman–Crippen LogP) is 3.42. The first-order valence-electron chi connectivity index (χ1n) is 8.08. The Bertz CT molecular complexity index is 842. The van der Waals surface area contributed by atoms with E-state index in [2.05, 4.69) is 10.4 Å². The summed E-state index contributed by atoms with van der Waals surface area (Å²) in [5, 5.41) is 7.60. The molecule has 0 aliphatic carbocycles. The van der Waals surface area contributed by atoms with Crippen molar-refractivity contribution >= 4 is 5.91 Å². The molecule has 0 radical (unpaired) electrons. The molecule has 1 amide bonds. The lowest BCUT2D eigenvalue weighted by Crippen LogP contribution is -2.31. The average Bonchev–Trinajstić information content (AvgIpc) is 3.14. The molecular weight excluding hydrogens is 300 g/mol. The molecule has 3 aromatic rings. The molecule has 24 heavy (non-hydrogen) atoms. The Balaban J connectivity index is 2.20. The number of aryl methyl sites for hydroxylation is 2. The van der Waals surface area contributed by atoms with Gasteiger partial charge < -0.3 is 9.88 Å². The summed E-state index contributed by atoms with van der Waals surface area (Å²) >= 11 is 0. The van der Waals surface area contributed by atoms with Crippen molar-refractivity contribution in [2.45, 2.75) is 33.7 Å². The minimum Gasteiger partial charge on any atom is -0.350 e. The van der Waals surface area contributed by atoms with E-state index < -0.39 is 0 Å². The summed E-state index contributed by atoms with van der Waals surface area (Å²) in [6, 6.07) is 12.0. The Kier molecular flexibility index (Phi) is 4.25. The van der Waals surface area contributed by atoms with Crippen LogP contribution < -0.4 is 5.32 Å². The fourth-order valence-corrected chi connectivity index (χ4v) is 2.70. The van der Waals surface area contributed by atoms with Gasteiger partial charge in [-0.1, -0.05) is 17.7 Å². The van der Waals surface area contributed by atoms with Crippen LogP contribution in [0.5, 0.6) is 0 Å². The van der Waals surface area contributed by atoms with Gasteiger partial charge in [0.2, 0.25) is 0 Å². The van der Waals surface area contributed by atoms with Crippen LogP contribution in [0.4, 0.5) is 0 Å². The van der Waals surface area contributed by atoms with E-state index in [0.717, 1.165) is 11.5 Å². The Hall–Kier alpha value is -2.82. The monoisotopic (exact) mass is 322 g/mol. The minimum absolute atomic E-state index is 0.0668. The van der Waals surface area contributed by atoms with Gasteiger partial charge in [0.15, 0.2) is 5.82 Å². The molecule has 0 spiro atoms. The standard InChI is InChI=1S/C19H22N4O/c1-13(2)20-18(24)17-15(4)21-23(16-9-7-14(3)8-10-16)19(17)22-11-5-6-12-22/h5-13H,1-4H3,(H,20,24). The van der Waals surface area contributed by atoms with Gasteiger partial charge in [0.1, 0.15) is 5.56 Å². The first-order valence-corrected chi connectivity index (χ1v) is 8.08. The normalized spacial score (nSPS) is 11.0. The van der Waals surface area contributed by atoms with Crippen molar-refractivity contribution in [3.8, 4) is 11.5 Å². The first kappa shape index (κ1) is 16.1. The van der Waals surface area contributed by atoms with Crippen molar-refractivity contribution in [2.75, 3.05) is 0 Å². The third kappa shape index (κ3) is 2.97. The van der Waals surface area contributed by atoms with Gasteiger partial charge in [-0.05, 0) is 52.0 Å². The second kappa shape index (κ2) is 6.35. The summed E-state index contributed by atoms with van der Waals surface area (Å²) in [4.78, 5) is 12.7. The molecule has 2 aromatic heterocycles. The van der Waals surface area contributed by atoms with Gasteiger partial charge in [-0.2, -0.15) is 5.10 Å². The highest BCUT2D eigenvalue weighted by Gasteiger charge is 2.23. The Labute approximate surface area is 141 Å². The van der Waals surface area contributed by atoms with E-state index in [1.54, 1.807) is 0 Å². The summed E-state index contributed by atoms with van der Waals surface area (Å²) < 4.78 is 3.75. The van der Waals surface area contributed by atoms with Crippen LogP contribution in [0.15, 0.2) is 48.8 Å². The zero-order valence-corrected chi connectivity index (χ0v) is 14.4. The highest BCUT2D eigenvalue weighted by Crippen LogP contribution is 2.23. The van der Waals surface area contributed by atoms with Crippen LogP contribution in [0.2, 0.25) is 0 Å². The van der Waals surface area contributed by atoms with Crippen LogP contribution in [0.3, 0.4) is 0 Å². The minimum atomic E-state index is -0.107. The average molecular weight is 322 g/mol. The summed E-state index contributed by atoms with van der Waals surface area (Å²) in [6.45, 7) is 7.82. The number of nitrogens with one attached hydrogen (secondary N) is 1. The van der Waals surface area contributed by atoms with E-state index in [-0.39, 0.29) is 11.9 Å². The molecular formula is C19H22N4O. The van der Waals surface area contributed by atoms with Gasteiger partial charge in [-0.25, -0.2) is 4.68 Å². The van der Waals surface area contributed by atoms with Crippen LogP contribution in [0.25, 0.3) is 11.5 Å². The zero-order valence-electron chi connectivity index (χ0n) is 14.4. The van der Waals surface area contributed by atoms with E-state index in [1.165, 1.54) is 5.56 Å². The molecule has 0 aliphatic heterocycles. The molecule has 0 bridgehead atoms. The molecule has 0 fully saturated rings. The van der Waals surface area contributed by atoms with Crippen molar-refractivity contribution in [3.63, 3.8) is 0 Å². The van der Waals surface area contributed by atoms with E-state index in [4.69, 9.17) is 0 Å². The molecule has 0 atom stereocenters. The molecule has 3 rings (SSSR count). The second-order valence-corrected chi connectivity index (χ2v) is 6.25. The van der Waals surface area contributed by atoms with E-state index in [9.17, 15) is 4.79 Å². The molecule has 124 valence electrons. The van der Waals surface area contributed by atoms with E-state index >= 15 is 0 Å². The lowest BCUT2D eigenvalue weighted by molar-refractivity contribution is 0.0942. The molecule has 1 aromatic carbocycles. The topological polar surface area (TPSA) is 51.9 Å². The van der Waals surface area contributed by atoms with Crippen LogP contribution in [-0.4, -0.2) is 26.3 Å². The third-order valence-electron chi connectivity index (χ3n) is 3.81. The number of hydrogen-bond donors (Lipinski definition) is 1. The number of amides is 1. The zero-order chi connectivity index (χ0) is 17.3. The van der Waals surface area contributed by atoms with E-state index in [1.807, 2.05) is 85.7 Å². The Morgan fingerprint density at radius 2 is 1.71 bits per heavy atom. The lowest BCUT2D eigenvalue weighted by atomic mass is 10.2. The smallest absolute Gasteiger partial charge is 0.257 e. The summed E-state index contributed by atoms with van der Waals surface area (Å²) in [7, 11) is 0. The molecule has 1 N–H and O–H groups in total. The maximum Gasteiger partial charge on any atom is 0.257 e. The molecule has 2 heterocycles. The summed E-state index contributed by atoms with van der Waals surface area (Å²) in [5.74, 6) is 0.643. The molecule has 0 unspecified atom stereocenters. The molecule has 0 saturated carbocycles. The lowest BCUT2D eigenvalue weighted by Gasteiger charge is -2.12. The number of carbonyl (C=O) groups is 1. The number of hydrogen-bond acceptors (Lipinski definition) is 2. The van der Waals surface area contributed by atoms with Crippen LogP contribution >= 0.6 is 0 Å². The second-order valence-electron chi connectivity index (χ2n) is 6.25. The predicted molar refractivity (Wildman–Crippen MR) is 95.0 cm³/mol. The van der Waals surface area contributed by atoms with Crippen molar-refractivity contribution in [2.24, 2.45) is 0 Å². The SMILES string of the molecule is Cc1ccc(-n2nc(C)c(C(=O)NC(C)C)c2-n2cccc2)cc1. The molecule has 5 nitrogen and oxygen atoms in total. The Morgan fingerprint density at radius 1 is 1.08 bits per heavy atom.